The first kappa shape index (κ1) is 15.9. The number of aromatic hydroxyl groups is 1. The molecule has 0 aliphatic rings. The molecule has 0 spiro atoms. The minimum absolute atomic E-state index is 0.202. The molecule has 0 unspecified atom stereocenters. The van der Waals surface area contributed by atoms with Crippen molar-refractivity contribution in [1.82, 2.24) is 10.2 Å². The van der Waals surface area contributed by atoms with E-state index in [-0.39, 0.29) is 11.4 Å². The molecule has 1 aromatic heterocycles. The molecule has 0 saturated carbocycles. The lowest BCUT2D eigenvalue weighted by atomic mass is 10.1. The normalized spacial score (nSPS) is 11.1. The van der Waals surface area contributed by atoms with Crippen LogP contribution >= 0.6 is 0 Å². The third kappa shape index (κ3) is 2.90. The topological polar surface area (TPSA) is 107 Å². The molecule has 4 rings (SSSR count). The van der Waals surface area contributed by atoms with E-state index in [4.69, 9.17) is 0 Å². The Morgan fingerprint density at radius 1 is 1.04 bits per heavy atom. The summed E-state index contributed by atoms with van der Waals surface area (Å²) >= 11 is 0. The summed E-state index contributed by atoms with van der Waals surface area (Å²) in [5.74, 6) is 0.202. The summed E-state index contributed by atoms with van der Waals surface area (Å²) in [6.45, 7) is 0.476. The van der Waals surface area contributed by atoms with E-state index in [1.165, 1.54) is 0 Å². The molecule has 0 saturated heterocycles. The molecule has 0 atom stereocenters. The highest BCUT2D eigenvalue weighted by Gasteiger charge is 2.20. The highest BCUT2D eigenvalue weighted by atomic mass is 16.3. The molecule has 0 bridgehead atoms. The Morgan fingerprint density at radius 3 is 2.73 bits per heavy atom. The number of H-pyrrole nitrogens is 1. The first-order valence-corrected chi connectivity index (χ1v) is 8.17. The second kappa shape index (κ2) is 6.36. The van der Waals surface area contributed by atoms with Crippen LogP contribution in [0.25, 0.3) is 10.9 Å². The summed E-state index contributed by atoms with van der Waals surface area (Å²) in [5.41, 5.74) is 2.06. The van der Waals surface area contributed by atoms with Crippen molar-refractivity contribution in [2.75, 3.05) is 17.2 Å². The zero-order valence-electron chi connectivity index (χ0n) is 13.7. The van der Waals surface area contributed by atoms with E-state index in [1.54, 1.807) is 24.4 Å². The maximum atomic E-state index is 11.9. The maximum absolute atomic E-state index is 11.9. The largest absolute Gasteiger partial charge is 0.508 e. The van der Waals surface area contributed by atoms with Gasteiger partial charge in [0.15, 0.2) is 0 Å². The van der Waals surface area contributed by atoms with Crippen molar-refractivity contribution in [2.24, 2.45) is 0 Å². The Balaban J connectivity index is 1.47. The van der Waals surface area contributed by atoms with Crippen LogP contribution in [-0.2, 0) is 6.42 Å². The monoisotopic (exact) mass is 348 g/mol. The van der Waals surface area contributed by atoms with Gasteiger partial charge in [-0.3, -0.25) is 14.7 Å². The molecule has 3 aromatic carbocycles. The predicted molar refractivity (Wildman–Crippen MR) is 101 cm³/mol. The average molecular weight is 348 g/mol. The minimum atomic E-state index is -0.530. The highest BCUT2D eigenvalue weighted by Crippen LogP contribution is 2.23. The second-order valence-corrected chi connectivity index (χ2v) is 6.05. The Kier molecular flexibility index (Phi) is 3.89. The van der Waals surface area contributed by atoms with Gasteiger partial charge in [0.25, 0.3) is 10.9 Å². The molecule has 1 heterocycles. The van der Waals surface area contributed by atoms with Crippen molar-refractivity contribution in [3.05, 3.63) is 74.7 Å². The van der Waals surface area contributed by atoms with Crippen molar-refractivity contribution < 1.29 is 5.11 Å². The van der Waals surface area contributed by atoms with Crippen molar-refractivity contribution in [2.45, 2.75) is 6.42 Å². The van der Waals surface area contributed by atoms with Crippen molar-refractivity contribution >= 4 is 28.0 Å². The van der Waals surface area contributed by atoms with Crippen LogP contribution in [-0.4, -0.2) is 21.8 Å². The molecular formula is C19H16N4O3. The number of anilines is 3. The number of aromatic nitrogens is 2. The summed E-state index contributed by atoms with van der Waals surface area (Å²) in [4.78, 5) is 23.8. The zero-order valence-corrected chi connectivity index (χ0v) is 13.7. The number of rotatable bonds is 6. The van der Waals surface area contributed by atoms with E-state index in [0.29, 0.717) is 24.3 Å². The van der Waals surface area contributed by atoms with Gasteiger partial charge >= 0.3 is 0 Å². The van der Waals surface area contributed by atoms with E-state index in [1.807, 2.05) is 24.3 Å². The van der Waals surface area contributed by atoms with Crippen LogP contribution in [0.1, 0.15) is 5.56 Å². The van der Waals surface area contributed by atoms with Gasteiger partial charge in [0.2, 0.25) is 0 Å². The van der Waals surface area contributed by atoms with E-state index < -0.39 is 10.9 Å². The third-order valence-electron chi connectivity index (χ3n) is 4.25. The summed E-state index contributed by atoms with van der Waals surface area (Å²) < 4.78 is 0. The lowest BCUT2D eigenvalue weighted by molar-refractivity contribution is 0.474. The van der Waals surface area contributed by atoms with Gasteiger partial charge < -0.3 is 15.7 Å². The summed E-state index contributed by atoms with van der Waals surface area (Å²) in [6.07, 6.45) is 2.31. The second-order valence-electron chi connectivity index (χ2n) is 6.05. The molecule has 0 fully saturated rings. The van der Waals surface area contributed by atoms with Crippen LogP contribution in [0.15, 0.2) is 58.3 Å². The number of fused-ring (bicyclic) bond motifs is 1. The molecule has 0 aliphatic heterocycles. The van der Waals surface area contributed by atoms with Crippen LogP contribution in [0.4, 0.5) is 17.1 Å². The fourth-order valence-corrected chi connectivity index (χ4v) is 2.89. The van der Waals surface area contributed by atoms with Crippen LogP contribution in [0.3, 0.4) is 0 Å². The molecular weight excluding hydrogens is 332 g/mol. The lowest BCUT2D eigenvalue weighted by Crippen LogP contribution is -2.37. The molecule has 0 amide bonds. The molecule has 0 radical (unpaired) electrons. The smallest absolute Gasteiger partial charge is 0.253 e. The number of hydrogen-bond acceptors (Lipinski definition) is 6. The molecule has 7 heteroatoms. The fourth-order valence-electron chi connectivity index (χ4n) is 2.89. The average Bonchev–Trinajstić information content (AvgIpc) is 3.11. The van der Waals surface area contributed by atoms with Crippen LogP contribution in [0.2, 0.25) is 0 Å². The van der Waals surface area contributed by atoms with Crippen molar-refractivity contribution in [3.63, 3.8) is 0 Å². The van der Waals surface area contributed by atoms with E-state index in [9.17, 15) is 14.7 Å². The van der Waals surface area contributed by atoms with Gasteiger partial charge in [0.1, 0.15) is 17.1 Å². The van der Waals surface area contributed by atoms with Gasteiger partial charge in [-0.15, -0.1) is 0 Å². The fraction of sp³-hybridized carbons (Fsp3) is 0.105. The maximum Gasteiger partial charge on any atom is 0.253 e. The minimum Gasteiger partial charge on any atom is -0.508 e. The highest BCUT2D eigenvalue weighted by molar-refractivity contribution is 5.85. The zero-order chi connectivity index (χ0) is 18.1. The number of nitrogens with zero attached hydrogens (tertiary/aromatic N) is 1. The quantitative estimate of drug-likeness (QED) is 0.398. The van der Waals surface area contributed by atoms with E-state index in [0.717, 1.165) is 16.5 Å². The number of phenolic OH excluding ortho intramolecular Hbond substituents is 1. The van der Waals surface area contributed by atoms with Crippen molar-refractivity contribution in [1.29, 1.82) is 0 Å². The van der Waals surface area contributed by atoms with Crippen LogP contribution < -0.4 is 21.5 Å². The molecule has 26 heavy (non-hydrogen) atoms. The van der Waals surface area contributed by atoms with Gasteiger partial charge in [-0.1, -0.05) is 12.1 Å². The first-order valence-electron chi connectivity index (χ1n) is 8.17. The molecule has 0 aliphatic carbocycles. The van der Waals surface area contributed by atoms with Crippen LogP contribution in [0.5, 0.6) is 5.75 Å². The molecule has 4 N–H and O–H groups in total. The number of benzene rings is 2. The van der Waals surface area contributed by atoms with Gasteiger partial charge in [0, 0.05) is 17.6 Å². The first-order chi connectivity index (χ1) is 12.6. The van der Waals surface area contributed by atoms with Gasteiger partial charge in [-0.2, -0.15) is 5.10 Å². The Bertz CT molecular complexity index is 1160. The standard InChI is InChI=1S/C19H16N4O3/c24-14-3-1-2-11(8-14)6-7-20-16-17(19(26)18(16)25)22-13-4-5-15-12(9-13)10-21-23-15/h1-5,8-10,20,22,24H,6-7H2,(H,21,23). The van der Waals surface area contributed by atoms with Gasteiger partial charge in [-0.05, 0) is 42.3 Å². The molecule has 7 nitrogen and oxygen atoms in total. The SMILES string of the molecule is O=c1c(NCCc2cccc(O)c2)c(Nc2ccc3[nH]ncc3c2)c1=O. The van der Waals surface area contributed by atoms with Crippen molar-refractivity contribution in [3.8, 4) is 5.75 Å². The summed E-state index contributed by atoms with van der Waals surface area (Å²) in [6, 6.07) is 12.4. The Labute approximate surface area is 148 Å². The predicted octanol–water partition coefficient (Wildman–Crippen LogP) is 2.26. The number of aromatic amines is 1. The molecule has 4 aromatic rings. The number of nitrogens with one attached hydrogen (secondary N) is 3. The van der Waals surface area contributed by atoms with Gasteiger partial charge in [0.05, 0.1) is 11.7 Å². The van der Waals surface area contributed by atoms with E-state index >= 15 is 0 Å². The number of hydrogen-bond donors (Lipinski definition) is 4. The summed E-state index contributed by atoms with van der Waals surface area (Å²) in [7, 11) is 0. The Morgan fingerprint density at radius 2 is 1.88 bits per heavy atom. The Hall–Kier alpha value is -3.61. The van der Waals surface area contributed by atoms with E-state index in [2.05, 4.69) is 20.8 Å². The third-order valence-corrected chi connectivity index (χ3v) is 4.25. The van der Waals surface area contributed by atoms with Gasteiger partial charge in [-0.25, -0.2) is 0 Å². The number of phenols is 1. The van der Waals surface area contributed by atoms with Crippen LogP contribution in [0, 0.1) is 0 Å². The summed E-state index contributed by atoms with van der Waals surface area (Å²) in [5, 5.41) is 23.2. The lowest BCUT2D eigenvalue weighted by Gasteiger charge is -2.15. The molecule has 130 valence electrons.